The van der Waals surface area contributed by atoms with Gasteiger partial charge in [0, 0.05) is 11.6 Å². The van der Waals surface area contributed by atoms with E-state index in [4.69, 9.17) is 47.7 Å². The zero-order chi connectivity index (χ0) is 26.8. The predicted octanol–water partition coefficient (Wildman–Crippen LogP) is 1.74. The lowest BCUT2D eigenvalue weighted by Crippen LogP contribution is -2.15. The fourth-order valence-corrected chi connectivity index (χ4v) is 3.11. The van der Waals surface area contributed by atoms with Crippen LogP contribution >= 0.6 is 0 Å². The van der Waals surface area contributed by atoms with Crippen molar-refractivity contribution in [3.8, 4) is 5.75 Å². The van der Waals surface area contributed by atoms with Crippen LogP contribution in [0.15, 0.2) is 36.5 Å². The molecule has 1 aromatic heterocycles. The van der Waals surface area contributed by atoms with Crippen LogP contribution in [0.1, 0.15) is 0 Å². The number of pyridine rings is 1. The minimum absolute atomic E-state index is 0.0274. The molecule has 0 amide bonds. The van der Waals surface area contributed by atoms with E-state index in [0.717, 1.165) is 16.7 Å². The lowest BCUT2D eigenvalue weighted by Gasteiger charge is -2.10. The van der Waals surface area contributed by atoms with Crippen molar-refractivity contribution in [1.29, 1.82) is 0 Å². The Morgan fingerprint density at radius 1 is 0.474 bits per heavy atom. The SMILES string of the molecule is OCCOCCOCCOCCOCCOCCOCCOCCOCCOc1cccc2cccnc12. The maximum absolute atomic E-state index is 8.57. The van der Waals surface area contributed by atoms with E-state index in [9.17, 15) is 0 Å². The van der Waals surface area contributed by atoms with Crippen LogP contribution in [0.3, 0.4) is 0 Å². The normalized spacial score (nSPS) is 11.4. The van der Waals surface area contributed by atoms with Crippen LogP contribution in [-0.2, 0) is 37.9 Å². The molecule has 0 unspecified atom stereocenters. The quantitative estimate of drug-likeness (QED) is 0.167. The standard InChI is InChI=1S/C27H43NO10/c29-7-8-30-9-10-31-11-12-32-13-14-33-15-16-34-17-18-35-19-20-36-21-22-37-23-24-38-26-5-1-3-25-4-2-6-28-27(25)26/h1-6,29H,7-24H2. The minimum Gasteiger partial charge on any atom is -0.489 e. The second-order valence-electron chi connectivity index (χ2n) is 7.80. The first kappa shape index (κ1) is 32.3. The second-order valence-corrected chi connectivity index (χ2v) is 7.80. The number of benzene rings is 1. The van der Waals surface area contributed by atoms with E-state index in [0.29, 0.717) is 112 Å². The maximum Gasteiger partial charge on any atom is 0.145 e. The summed E-state index contributed by atoms with van der Waals surface area (Å²) in [5.74, 6) is 0.762. The molecule has 0 saturated carbocycles. The van der Waals surface area contributed by atoms with Gasteiger partial charge in [0.2, 0.25) is 0 Å². The Morgan fingerprint density at radius 3 is 1.32 bits per heavy atom. The topological polar surface area (TPSA) is 116 Å². The van der Waals surface area contributed by atoms with E-state index in [1.807, 2.05) is 30.3 Å². The van der Waals surface area contributed by atoms with Gasteiger partial charge in [0.1, 0.15) is 17.9 Å². The minimum atomic E-state index is 0.0274. The Labute approximate surface area is 225 Å². The maximum atomic E-state index is 8.57. The van der Waals surface area contributed by atoms with Crippen molar-refractivity contribution in [1.82, 2.24) is 4.98 Å². The first-order valence-electron chi connectivity index (χ1n) is 13.1. The smallest absolute Gasteiger partial charge is 0.145 e. The Bertz CT molecular complexity index is 792. The monoisotopic (exact) mass is 541 g/mol. The molecule has 0 bridgehead atoms. The van der Waals surface area contributed by atoms with Gasteiger partial charge in [0.25, 0.3) is 0 Å². The molecule has 38 heavy (non-hydrogen) atoms. The van der Waals surface area contributed by atoms with E-state index >= 15 is 0 Å². The highest BCUT2D eigenvalue weighted by Crippen LogP contribution is 2.22. The van der Waals surface area contributed by atoms with Crippen molar-refractivity contribution < 1.29 is 47.7 Å². The molecule has 2 aromatic rings. The van der Waals surface area contributed by atoms with Gasteiger partial charge in [-0.2, -0.15) is 0 Å². The molecular weight excluding hydrogens is 498 g/mol. The second kappa shape index (κ2) is 24.1. The summed E-state index contributed by atoms with van der Waals surface area (Å²) in [6, 6.07) is 9.80. The van der Waals surface area contributed by atoms with E-state index in [2.05, 4.69) is 4.98 Å². The summed E-state index contributed by atoms with van der Waals surface area (Å²) in [6.07, 6.45) is 1.76. The number of hydrogen-bond acceptors (Lipinski definition) is 11. The molecule has 1 heterocycles. The number of hydrogen-bond donors (Lipinski definition) is 1. The number of aliphatic hydroxyl groups excluding tert-OH is 1. The summed E-state index contributed by atoms with van der Waals surface area (Å²) < 4.78 is 49.0. The molecule has 0 fully saturated rings. The van der Waals surface area contributed by atoms with Crippen LogP contribution < -0.4 is 4.74 Å². The molecule has 11 heteroatoms. The molecule has 0 atom stereocenters. The molecule has 11 nitrogen and oxygen atoms in total. The molecule has 1 aromatic carbocycles. The van der Waals surface area contributed by atoms with Gasteiger partial charge in [-0.3, -0.25) is 4.98 Å². The first-order chi connectivity index (χ1) is 18.9. The van der Waals surface area contributed by atoms with Crippen LogP contribution in [0, 0.1) is 0 Å². The van der Waals surface area contributed by atoms with Crippen molar-refractivity contribution >= 4 is 10.9 Å². The Kier molecular flexibility index (Phi) is 20.5. The number of aliphatic hydroxyl groups is 1. The summed E-state index contributed by atoms with van der Waals surface area (Å²) in [5, 5.41) is 9.62. The third kappa shape index (κ3) is 16.8. The average molecular weight is 542 g/mol. The van der Waals surface area contributed by atoms with Gasteiger partial charge in [-0.15, -0.1) is 0 Å². The molecule has 216 valence electrons. The Balaban J connectivity index is 1.23. The van der Waals surface area contributed by atoms with E-state index in [1.54, 1.807) is 6.20 Å². The Morgan fingerprint density at radius 2 is 0.868 bits per heavy atom. The zero-order valence-electron chi connectivity index (χ0n) is 22.3. The summed E-state index contributed by atoms with van der Waals surface area (Å²) in [7, 11) is 0. The molecule has 0 saturated heterocycles. The average Bonchev–Trinajstić information content (AvgIpc) is 2.95. The van der Waals surface area contributed by atoms with E-state index in [-0.39, 0.29) is 6.61 Å². The number of ether oxygens (including phenoxy) is 9. The van der Waals surface area contributed by atoms with Gasteiger partial charge in [0.05, 0.1) is 112 Å². The van der Waals surface area contributed by atoms with Crippen LogP contribution in [0.4, 0.5) is 0 Å². The van der Waals surface area contributed by atoms with E-state index in [1.165, 1.54) is 0 Å². The third-order valence-corrected chi connectivity index (χ3v) is 4.92. The van der Waals surface area contributed by atoms with Gasteiger partial charge in [0.15, 0.2) is 0 Å². The van der Waals surface area contributed by atoms with Gasteiger partial charge < -0.3 is 47.7 Å². The number of aromatic nitrogens is 1. The van der Waals surface area contributed by atoms with Gasteiger partial charge in [-0.05, 0) is 12.1 Å². The molecule has 0 radical (unpaired) electrons. The largest absolute Gasteiger partial charge is 0.489 e. The van der Waals surface area contributed by atoms with Crippen molar-refractivity contribution in [3.63, 3.8) is 0 Å². The Hall–Kier alpha value is -1.93. The number of nitrogens with zero attached hydrogens (tertiary/aromatic N) is 1. The first-order valence-corrected chi connectivity index (χ1v) is 13.1. The lowest BCUT2D eigenvalue weighted by atomic mass is 10.2. The highest BCUT2D eigenvalue weighted by Gasteiger charge is 2.02. The van der Waals surface area contributed by atoms with Crippen molar-refractivity contribution in [2.24, 2.45) is 0 Å². The fraction of sp³-hybridized carbons (Fsp3) is 0.667. The number of para-hydroxylation sites is 1. The zero-order valence-corrected chi connectivity index (χ0v) is 22.3. The van der Waals surface area contributed by atoms with E-state index < -0.39 is 0 Å². The summed E-state index contributed by atoms with van der Waals surface area (Å²) in [6.45, 7) is 8.35. The highest BCUT2D eigenvalue weighted by molar-refractivity contribution is 5.84. The number of fused-ring (bicyclic) bond motifs is 1. The summed E-state index contributed by atoms with van der Waals surface area (Å²) in [5.41, 5.74) is 0.857. The summed E-state index contributed by atoms with van der Waals surface area (Å²) >= 11 is 0. The van der Waals surface area contributed by atoms with Gasteiger partial charge >= 0.3 is 0 Å². The number of rotatable bonds is 27. The molecule has 0 aliphatic rings. The van der Waals surface area contributed by atoms with Crippen LogP contribution in [0.5, 0.6) is 5.75 Å². The van der Waals surface area contributed by atoms with Crippen LogP contribution in [0.25, 0.3) is 10.9 Å². The third-order valence-electron chi connectivity index (χ3n) is 4.92. The molecule has 0 spiro atoms. The molecular formula is C27H43NO10. The molecule has 0 aliphatic carbocycles. The van der Waals surface area contributed by atoms with Crippen molar-refractivity contribution in [3.05, 3.63) is 36.5 Å². The van der Waals surface area contributed by atoms with Gasteiger partial charge in [-0.25, -0.2) is 0 Å². The van der Waals surface area contributed by atoms with Crippen LogP contribution in [-0.4, -0.2) is 129 Å². The fourth-order valence-electron chi connectivity index (χ4n) is 3.11. The molecule has 0 aliphatic heterocycles. The highest BCUT2D eigenvalue weighted by atomic mass is 16.6. The van der Waals surface area contributed by atoms with Gasteiger partial charge in [-0.1, -0.05) is 18.2 Å². The van der Waals surface area contributed by atoms with Crippen molar-refractivity contribution in [2.45, 2.75) is 0 Å². The predicted molar refractivity (Wildman–Crippen MR) is 141 cm³/mol. The molecule has 2 rings (SSSR count). The van der Waals surface area contributed by atoms with Crippen LogP contribution in [0.2, 0.25) is 0 Å². The summed E-state index contributed by atoms with van der Waals surface area (Å²) in [4.78, 5) is 4.37. The lowest BCUT2D eigenvalue weighted by molar-refractivity contribution is -0.0242. The molecule has 1 N–H and O–H groups in total. The van der Waals surface area contributed by atoms with Crippen molar-refractivity contribution in [2.75, 3.05) is 119 Å².